The van der Waals surface area contributed by atoms with Crippen molar-refractivity contribution in [2.75, 3.05) is 13.2 Å². The number of amides is 1. The molecule has 1 amide bonds. The van der Waals surface area contributed by atoms with Crippen LogP contribution in [0.15, 0.2) is 12.2 Å². The van der Waals surface area contributed by atoms with Crippen LogP contribution in [0, 0.1) is 0 Å². The van der Waals surface area contributed by atoms with E-state index in [4.69, 9.17) is 9.47 Å². The lowest BCUT2D eigenvalue weighted by Crippen LogP contribution is -2.61. The smallest absolute Gasteiger partial charge is 0.394 e. The molecule has 0 aromatic heterocycles. The largest absolute Gasteiger partial charge is 0.397 e. The van der Waals surface area contributed by atoms with Crippen LogP contribution in [0.1, 0.15) is 303 Å². The molecule has 72 heavy (non-hydrogen) atoms. The van der Waals surface area contributed by atoms with E-state index in [2.05, 4.69) is 35.5 Å². The number of ether oxygens (including phenoxy) is 2. The number of hydrogen-bond donors (Lipinski definition) is 6. The quantitative estimate of drug-likeness (QED) is 0.0193. The Labute approximate surface area is 442 Å². The first kappa shape index (κ1) is 68.9. The molecule has 1 fully saturated rings. The third kappa shape index (κ3) is 41.1. The van der Waals surface area contributed by atoms with Gasteiger partial charge in [-0.05, 0) is 38.5 Å². The van der Waals surface area contributed by atoms with Crippen molar-refractivity contribution in [2.24, 2.45) is 0 Å². The van der Waals surface area contributed by atoms with Gasteiger partial charge in [-0.1, -0.05) is 270 Å². The standard InChI is InChI=1S/C59H115NO11S/c1-3-5-7-9-11-13-15-17-19-21-23-25-26-27-28-29-30-32-34-36-38-40-42-44-46-48-53(62)52(51-69-59-57(65)58(71-72(66,67)68)56(64)54(50-61)70-59)60-55(63)49-47-45-43-41-39-37-35-33-31-24-22-20-18-16-14-12-10-8-6-4-2/h24,31,52-54,56-59,61-62,64-65H,3-23,25-30,32-51H2,1-2H3,(H,60,63)(H,66,67,68)/b31-24-. The molecule has 0 aromatic carbocycles. The third-order valence-electron chi connectivity index (χ3n) is 14.8. The summed E-state index contributed by atoms with van der Waals surface area (Å²) in [5.41, 5.74) is 0. The van der Waals surface area contributed by atoms with Gasteiger partial charge in [0.2, 0.25) is 5.91 Å². The highest BCUT2D eigenvalue weighted by molar-refractivity contribution is 7.80. The second-order valence-corrected chi connectivity index (χ2v) is 22.7. The molecule has 6 N–H and O–H groups in total. The number of aliphatic hydroxyl groups is 4. The summed E-state index contributed by atoms with van der Waals surface area (Å²) < 4.78 is 48.0. The Morgan fingerprint density at radius 3 is 1.25 bits per heavy atom. The number of allylic oxidation sites excluding steroid dienone is 2. The number of carbonyl (C=O) groups is 1. The molecule has 0 aromatic rings. The van der Waals surface area contributed by atoms with Gasteiger partial charge in [-0.25, -0.2) is 4.18 Å². The molecule has 1 aliphatic rings. The normalized spacial score (nSPS) is 19.3. The molecule has 12 nitrogen and oxygen atoms in total. The van der Waals surface area contributed by atoms with Crippen molar-refractivity contribution in [3.8, 4) is 0 Å². The molecule has 0 bridgehead atoms. The van der Waals surface area contributed by atoms with Crippen molar-refractivity contribution in [1.29, 1.82) is 0 Å². The van der Waals surface area contributed by atoms with E-state index >= 15 is 0 Å². The Balaban J connectivity index is 2.32. The van der Waals surface area contributed by atoms with E-state index in [1.165, 1.54) is 218 Å². The van der Waals surface area contributed by atoms with Crippen LogP contribution in [-0.2, 0) is 28.9 Å². The van der Waals surface area contributed by atoms with Crippen LogP contribution in [-0.4, -0.2) is 95.4 Å². The molecule has 1 heterocycles. The number of hydrogen-bond acceptors (Lipinski definition) is 10. The molecule has 7 atom stereocenters. The van der Waals surface area contributed by atoms with Gasteiger partial charge in [0.05, 0.1) is 25.4 Å². The first-order valence-electron chi connectivity index (χ1n) is 30.6. The fraction of sp³-hybridized carbons (Fsp3) is 0.949. The van der Waals surface area contributed by atoms with E-state index in [0.29, 0.717) is 12.8 Å². The molecule has 0 saturated carbocycles. The Kier molecular flexibility index (Phi) is 47.3. The molecule has 0 aliphatic carbocycles. The van der Waals surface area contributed by atoms with Crippen LogP contribution < -0.4 is 5.32 Å². The second kappa shape index (κ2) is 49.4. The molecule has 7 unspecified atom stereocenters. The number of nitrogens with one attached hydrogen (secondary N) is 1. The minimum Gasteiger partial charge on any atom is -0.394 e. The second-order valence-electron chi connectivity index (χ2n) is 21.6. The summed E-state index contributed by atoms with van der Waals surface area (Å²) in [6.07, 6.45) is 50.8. The Morgan fingerprint density at radius 2 is 0.889 bits per heavy atom. The fourth-order valence-electron chi connectivity index (χ4n) is 10.1. The number of unbranched alkanes of at least 4 members (excludes halogenated alkanes) is 40. The van der Waals surface area contributed by atoms with Gasteiger partial charge in [0.1, 0.15) is 24.4 Å². The van der Waals surface area contributed by atoms with Gasteiger partial charge in [0, 0.05) is 6.42 Å². The third-order valence-corrected chi connectivity index (χ3v) is 15.3. The molecule has 428 valence electrons. The van der Waals surface area contributed by atoms with Crippen molar-refractivity contribution in [3.05, 3.63) is 12.2 Å². The van der Waals surface area contributed by atoms with E-state index in [1.807, 2.05) is 0 Å². The SMILES string of the molecule is CCCCCCCCCCC/C=C\CCCCCCCCCC(=O)NC(COC1OC(CO)C(O)C(OS(=O)(=O)O)C1O)C(O)CCCCCCCCCCCCCCCCCCCCCCCCCCC. The summed E-state index contributed by atoms with van der Waals surface area (Å²) in [5.74, 6) is -0.229. The molecule has 1 rings (SSSR count). The van der Waals surface area contributed by atoms with E-state index in [1.54, 1.807) is 0 Å². The van der Waals surface area contributed by atoms with Crippen molar-refractivity contribution < 1.29 is 51.8 Å². The molecule has 1 aliphatic heterocycles. The van der Waals surface area contributed by atoms with Gasteiger partial charge < -0.3 is 35.2 Å². The van der Waals surface area contributed by atoms with Crippen LogP contribution in [0.5, 0.6) is 0 Å². The first-order valence-corrected chi connectivity index (χ1v) is 31.9. The Morgan fingerprint density at radius 1 is 0.542 bits per heavy atom. The summed E-state index contributed by atoms with van der Waals surface area (Å²) in [4.78, 5) is 13.2. The summed E-state index contributed by atoms with van der Waals surface area (Å²) >= 11 is 0. The van der Waals surface area contributed by atoms with Gasteiger partial charge in [-0.15, -0.1) is 0 Å². The minimum absolute atomic E-state index is 0.229. The predicted octanol–water partition coefficient (Wildman–Crippen LogP) is 14.6. The van der Waals surface area contributed by atoms with E-state index in [-0.39, 0.29) is 18.9 Å². The summed E-state index contributed by atoms with van der Waals surface area (Å²) in [6, 6.07) is -0.859. The number of aliphatic hydroxyl groups excluding tert-OH is 4. The zero-order chi connectivity index (χ0) is 52.6. The predicted molar refractivity (Wildman–Crippen MR) is 296 cm³/mol. The lowest BCUT2D eigenvalue weighted by molar-refractivity contribution is -0.298. The fourth-order valence-corrected chi connectivity index (χ4v) is 10.6. The number of rotatable bonds is 54. The van der Waals surface area contributed by atoms with E-state index in [9.17, 15) is 38.2 Å². The van der Waals surface area contributed by atoms with Gasteiger partial charge in [-0.2, -0.15) is 8.42 Å². The lowest BCUT2D eigenvalue weighted by atomic mass is 9.99. The maximum atomic E-state index is 13.2. The van der Waals surface area contributed by atoms with Gasteiger partial charge in [0.25, 0.3) is 0 Å². The maximum Gasteiger partial charge on any atom is 0.397 e. The first-order chi connectivity index (χ1) is 35.0. The highest BCUT2D eigenvalue weighted by Crippen LogP contribution is 2.26. The Hall–Kier alpha value is -1.16. The van der Waals surface area contributed by atoms with Crippen LogP contribution in [0.2, 0.25) is 0 Å². The maximum absolute atomic E-state index is 13.2. The van der Waals surface area contributed by atoms with Crippen LogP contribution in [0.3, 0.4) is 0 Å². The summed E-state index contributed by atoms with van der Waals surface area (Å²) in [6.45, 7) is 3.50. The van der Waals surface area contributed by atoms with Crippen LogP contribution in [0.4, 0.5) is 0 Å². The lowest BCUT2D eigenvalue weighted by Gasteiger charge is -2.41. The average Bonchev–Trinajstić information content (AvgIpc) is 3.36. The molecular weight excluding hydrogens is 931 g/mol. The molecule has 0 radical (unpaired) electrons. The number of carbonyl (C=O) groups excluding carboxylic acids is 1. The molecule has 1 saturated heterocycles. The summed E-state index contributed by atoms with van der Waals surface area (Å²) in [7, 11) is -5.08. The zero-order valence-corrected chi connectivity index (χ0v) is 47.3. The minimum atomic E-state index is -5.08. The molecule has 0 spiro atoms. The van der Waals surface area contributed by atoms with Gasteiger partial charge >= 0.3 is 10.4 Å². The van der Waals surface area contributed by atoms with Gasteiger partial charge in [-0.3, -0.25) is 9.35 Å². The van der Waals surface area contributed by atoms with Gasteiger partial charge in [0.15, 0.2) is 6.29 Å². The highest BCUT2D eigenvalue weighted by atomic mass is 32.3. The molecule has 13 heteroatoms. The van der Waals surface area contributed by atoms with Crippen LogP contribution in [0.25, 0.3) is 0 Å². The highest BCUT2D eigenvalue weighted by Gasteiger charge is 2.48. The monoisotopic (exact) mass is 1050 g/mol. The van der Waals surface area contributed by atoms with E-state index in [0.717, 1.165) is 51.4 Å². The van der Waals surface area contributed by atoms with Crippen molar-refractivity contribution >= 4 is 16.3 Å². The van der Waals surface area contributed by atoms with E-state index < -0.39 is 59.9 Å². The van der Waals surface area contributed by atoms with Crippen molar-refractivity contribution in [1.82, 2.24) is 5.32 Å². The summed E-state index contributed by atoms with van der Waals surface area (Å²) in [5, 5.41) is 45.2. The van der Waals surface area contributed by atoms with Crippen LogP contribution >= 0.6 is 0 Å². The van der Waals surface area contributed by atoms with Crippen molar-refractivity contribution in [2.45, 2.75) is 346 Å². The topological polar surface area (TPSA) is 192 Å². The Bertz CT molecular complexity index is 1320. The van der Waals surface area contributed by atoms with Crippen molar-refractivity contribution in [3.63, 3.8) is 0 Å². The molecular formula is C59H115NO11S. The average molecular weight is 1050 g/mol. The zero-order valence-electron chi connectivity index (χ0n) is 46.5.